The number of nitrogens with zero attached hydrogens (tertiary/aromatic N) is 3. The Kier molecular flexibility index (Phi) is 3.57. The van der Waals surface area contributed by atoms with Crippen molar-refractivity contribution < 1.29 is 5.11 Å². The number of aliphatic hydroxyl groups excluding tert-OH is 1. The molecule has 0 bridgehead atoms. The second-order valence-corrected chi connectivity index (χ2v) is 5.08. The van der Waals surface area contributed by atoms with Gasteiger partial charge >= 0.3 is 0 Å². The maximum absolute atomic E-state index is 9.79. The lowest BCUT2D eigenvalue weighted by molar-refractivity contribution is 0.133. The molecular formula is C12H20N6O. The van der Waals surface area contributed by atoms with E-state index in [2.05, 4.69) is 30.8 Å². The lowest BCUT2D eigenvalue weighted by Crippen LogP contribution is -2.42. The highest BCUT2D eigenvalue weighted by atomic mass is 16.3. The predicted octanol–water partition coefficient (Wildman–Crippen LogP) is 1.36. The highest BCUT2D eigenvalue weighted by molar-refractivity contribution is 5.87. The minimum atomic E-state index is -0.521. The van der Waals surface area contributed by atoms with Gasteiger partial charge in [0.25, 0.3) is 0 Å². The molecule has 4 N–H and O–H groups in total. The van der Waals surface area contributed by atoms with Crippen LogP contribution in [0.2, 0.25) is 0 Å². The Labute approximate surface area is 111 Å². The summed E-state index contributed by atoms with van der Waals surface area (Å²) >= 11 is 0. The van der Waals surface area contributed by atoms with Crippen molar-refractivity contribution in [3.63, 3.8) is 0 Å². The van der Waals surface area contributed by atoms with E-state index in [1.807, 2.05) is 20.8 Å². The largest absolute Gasteiger partial charge is 0.391 e. The summed E-state index contributed by atoms with van der Waals surface area (Å²) in [5.41, 5.74) is 0.164. The minimum Gasteiger partial charge on any atom is -0.391 e. The molecule has 1 unspecified atom stereocenters. The topological polar surface area (TPSA) is 98.8 Å². The monoisotopic (exact) mass is 264 g/mol. The molecule has 7 heteroatoms. The number of aromatic nitrogens is 4. The lowest BCUT2D eigenvalue weighted by Gasteiger charge is -2.30. The average Bonchev–Trinajstić information content (AvgIpc) is 2.77. The number of H-pyrrole nitrogens is 1. The van der Waals surface area contributed by atoms with E-state index in [4.69, 9.17) is 0 Å². The third-order valence-corrected chi connectivity index (χ3v) is 3.13. The molecule has 0 aliphatic carbocycles. The van der Waals surface area contributed by atoms with Gasteiger partial charge in [-0.05, 0) is 27.7 Å². The molecule has 19 heavy (non-hydrogen) atoms. The van der Waals surface area contributed by atoms with Crippen molar-refractivity contribution in [3.05, 3.63) is 6.20 Å². The van der Waals surface area contributed by atoms with E-state index in [-0.39, 0.29) is 0 Å². The number of nitrogens with one attached hydrogen (secondary N) is 3. The van der Waals surface area contributed by atoms with Gasteiger partial charge in [-0.25, -0.2) is 0 Å². The summed E-state index contributed by atoms with van der Waals surface area (Å²) in [6.45, 7) is 8.29. The van der Waals surface area contributed by atoms with Crippen LogP contribution in [0.15, 0.2) is 6.20 Å². The first-order valence-corrected chi connectivity index (χ1v) is 6.35. The zero-order valence-electron chi connectivity index (χ0n) is 11.7. The van der Waals surface area contributed by atoms with Gasteiger partial charge in [-0.1, -0.05) is 0 Å². The highest BCUT2D eigenvalue weighted by Crippen LogP contribution is 2.24. The van der Waals surface area contributed by atoms with Gasteiger partial charge in [0.05, 0.1) is 23.2 Å². The van der Waals surface area contributed by atoms with E-state index < -0.39 is 11.6 Å². The highest BCUT2D eigenvalue weighted by Gasteiger charge is 2.25. The van der Waals surface area contributed by atoms with E-state index in [0.717, 1.165) is 11.9 Å². The molecule has 2 aromatic heterocycles. The van der Waals surface area contributed by atoms with E-state index in [1.54, 1.807) is 13.1 Å². The fraction of sp³-hybridized carbons (Fsp3) is 0.583. The first-order valence-electron chi connectivity index (χ1n) is 6.35. The molecule has 0 aliphatic heterocycles. The normalized spacial score (nSPS) is 13.5. The summed E-state index contributed by atoms with van der Waals surface area (Å²) in [7, 11) is 0. The van der Waals surface area contributed by atoms with Crippen molar-refractivity contribution in [2.45, 2.75) is 39.3 Å². The number of rotatable bonds is 5. The van der Waals surface area contributed by atoms with Gasteiger partial charge < -0.3 is 15.7 Å². The molecule has 2 aromatic rings. The lowest BCUT2D eigenvalue weighted by atomic mass is 9.99. The second-order valence-electron chi connectivity index (χ2n) is 5.08. The van der Waals surface area contributed by atoms with Crippen molar-refractivity contribution in [3.8, 4) is 0 Å². The Hall–Kier alpha value is -1.89. The maximum Gasteiger partial charge on any atom is 0.226 e. The second kappa shape index (κ2) is 5.00. The molecule has 1 atom stereocenters. The van der Waals surface area contributed by atoms with Crippen LogP contribution >= 0.6 is 0 Å². The molecule has 0 fully saturated rings. The molecule has 7 nitrogen and oxygen atoms in total. The first kappa shape index (κ1) is 13.5. The molecule has 0 saturated heterocycles. The Morgan fingerprint density at radius 1 is 1.42 bits per heavy atom. The van der Waals surface area contributed by atoms with Crippen molar-refractivity contribution in [1.29, 1.82) is 0 Å². The van der Waals surface area contributed by atoms with Gasteiger partial charge in [0, 0.05) is 6.54 Å². The SMILES string of the molecule is CCNc1nc(NC(C)(C)C(C)O)c2cn[nH]c2n1. The van der Waals surface area contributed by atoms with Gasteiger partial charge in [0.1, 0.15) is 5.82 Å². The van der Waals surface area contributed by atoms with Crippen molar-refractivity contribution >= 4 is 22.8 Å². The van der Waals surface area contributed by atoms with Crippen LogP contribution < -0.4 is 10.6 Å². The summed E-state index contributed by atoms with van der Waals surface area (Å²) in [5.74, 6) is 1.18. The average molecular weight is 264 g/mol. The Balaban J connectivity index is 2.43. The molecule has 0 radical (unpaired) electrons. The van der Waals surface area contributed by atoms with E-state index in [1.165, 1.54) is 0 Å². The minimum absolute atomic E-state index is 0.498. The van der Waals surface area contributed by atoms with Crippen LogP contribution in [0.5, 0.6) is 0 Å². The molecule has 2 heterocycles. The summed E-state index contributed by atoms with van der Waals surface area (Å²) in [6, 6.07) is 0. The number of hydrogen-bond acceptors (Lipinski definition) is 6. The smallest absolute Gasteiger partial charge is 0.226 e. The van der Waals surface area contributed by atoms with Crippen LogP contribution in [0.1, 0.15) is 27.7 Å². The van der Waals surface area contributed by atoms with Gasteiger partial charge in [0.15, 0.2) is 5.65 Å². The predicted molar refractivity (Wildman–Crippen MR) is 75.2 cm³/mol. The first-order chi connectivity index (χ1) is 8.94. The van der Waals surface area contributed by atoms with E-state index in [9.17, 15) is 5.11 Å². The van der Waals surface area contributed by atoms with Gasteiger partial charge in [0.2, 0.25) is 5.95 Å². The van der Waals surface area contributed by atoms with Crippen LogP contribution in [0.25, 0.3) is 11.0 Å². The standard InChI is InChI=1S/C12H20N6O/c1-5-13-11-15-9(17-12(3,4)7(2)19)8-6-14-18-10(8)16-11/h6-7,19H,5H2,1-4H3,(H3,13,14,15,16,17,18). The molecule has 0 aliphatic rings. The molecular weight excluding hydrogens is 244 g/mol. The van der Waals surface area contributed by atoms with Gasteiger partial charge in [-0.2, -0.15) is 15.1 Å². The maximum atomic E-state index is 9.79. The van der Waals surface area contributed by atoms with Crippen molar-refractivity contribution in [2.75, 3.05) is 17.2 Å². The molecule has 0 spiro atoms. The van der Waals surface area contributed by atoms with Gasteiger partial charge in [-0.3, -0.25) is 5.10 Å². The van der Waals surface area contributed by atoms with Crippen molar-refractivity contribution in [1.82, 2.24) is 20.2 Å². The number of anilines is 2. The Morgan fingerprint density at radius 3 is 2.79 bits per heavy atom. The van der Waals surface area contributed by atoms with E-state index >= 15 is 0 Å². The Bertz CT molecular complexity index is 562. The molecule has 104 valence electrons. The van der Waals surface area contributed by atoms with Crippen LogP contribution in [0, 0.1) is 0 Å². The van der Waals surface area contributed by atoms with Crippen molar-refractivity contribution in [2.24, 2.45) is 0 Å². The fourth-order valence-corrected chi connectivity index (χ4v) is 1.58. The fourth-order valence-electron chi connectivity index (χ4n) is 1.58. The van der Waals surface area contributed by atoms with Crippen LogP contribution in [-0.2, 0) is 0 Å². The van der Waals surface area contributed by atoms with Crippen LogP contribution in [-0.4, -0.2) is 43.5 Å². The Morgan fingerprint density at radius 2 is 2.16 bits per heavy atom. The summed E-state index contributed by atoms with van der Waals surface area (Å²) < 4.78 is 0. The molecule has 0 amide bonds. The molecule has 2 rings (SSSR count). The van der Waals surface area contributed by atoms with Gasteiger partial charge in [-0.15, -0.1) is 0 Å². The van der Waals surface area contributed by atoms with Crippen LogP contribution in [0.4, 0.5) is 11.8 Å². The van der Waals surface area contributed by atoms with Crippen LogP contribution in [0.3, 0.4) is 0 Å². The summed E-state index contributed by atoms with van der Waals surface area (Å²) in [6.07, 6.45) is 1.15. The number of fused-ring (bicyclic) bond motifs is 1. The summed E-state index contributed by atoms with van der Waals surface area (Å²) in [4.78, 5) is 8.74. The quantitative estimate of drug-likeness (QED) is 0.651. The number of hydrogen-bond donors (Lipinski definition) is 4. The zero-order valence-corrected chi connectivity index (χ0v) is 11.7. The zero-order chi connectivity index (χ0) is 14.0. The molecule has 0 aromatic carbocycles. The third-order valence-electron chi connectivity index (χ3n) is 3.13. The summed E-state index contributed by atoms with van der Waals surface area (Å²) in [5, 5.41) is 23.7. The van der Waals surface area contributed by atoms with E-state index in [0.29, 0.717) is 17.4 Å². The number of aromatic amines is 1. The third kappa shape index (κ3) is 2.76. The number of aliphatic hydroxyl groups is 1. The molecule has 0 saturated carbocycles.